The maximum atomic E-state index is 12.2. The molecule has 0 bridgehead atoms. The van der Waals surface area contributed by atoms with Gasteiger partial charge in [-0.25, -0.2) is 0 Å². The summed E-state index contributed by atoms with van der Waals surface area (Å²) in [4.78, 5) is 27.7. The van der Waals surface area contributed by atoms with E-state index in [2.05, 4.69) is 5.32 Å². The van der Waals surface area contributed by atoms with Crippen LogP contribution in [0.15, 0.2) is 24.3 Å². The topological polar surface area (TPSA) is 72.9 Å². The summed E-state index contributed by atoms with van der Waals surface area (Å²) in [6.07, 6.45) is -0.479. The molecule has 0 aromatic heterocycles. The smallest absolute Gasteiger partial charge is 0.262 e. The summed E-state index contributed by atoms with van der Waals surface area (Å²) in [5.74, 6) is -0.505. The molecule has 2 heterocycles. The molecule has 20 heavy (non-hydrogen) atoms. The molecule has 0 spiro atoms. The third-order valence-corrected chi connectivity index (χ3v) is 3.67. The minimum absolute atomic E-state index is 0.227. The molecule has 0 radical (unpaired) electrons. The lowest BCUT2D eigenvalue weighted by Crippen LogP contribution is -2.44. The maximum absolute atomic E-state index is 12.2. The number of aliphatic hydroxyl groups is 1. The lowest BCUT2D eigenvalue weighted by atomic mass is 10.1. The molecule has 1 unspecified atom stereocenters. The highest BCUT2D eigenvalue weighted by molar-refractivity contribution is 6.21. The van der Waals surface area contributed by atoms with Gasteiger partial charge in [0.1, 0.15) is 0 Å². The van der Waals surface area contributed by atoms with E-state index >= 15 is 0 Å². The molecular weight excluding hydrogens is 258 g/mol. The quantitative estimate of drug-likeness (QED) is 0.712. The maximum Gasteiger partial charge on any atom is 0.262 e. The summed E-state index contributed by atoms with van der Waals surface area (Å²) in [5, 5.41) is 12.9. The highest BCUT2D eigenvalue weighted by Gasteiger charge is 2.36. The van der Waals surface area contributed by atoms with E-state index in [0.29, 0.717) is 30.8 Å². The normalized spacial score (nSPS) is 23.9. The minimum atomic E-state index is -0.479. The van der Waals surface area contributed by atoms with Crippen molar-refractivity contribution in [3.05, 3.63) is 35.4 Å². The van der Waals surface area contributed by atoms with Crippen molar-refractivity contribution in [1.29, 1.82) is 0 Å². The molecule has 1 aromatic rings. The fraction of sp³-hybridized carbons (Fsp3) is 0.429. The van der Waals surface area contributed by atoms with E-state index in [1.54, 1.807) is 24.3 Å². The summed E-state index contributed by atoms with van der Waals surface area (Å²) < 4.78 is 0. The SMILES string of the molecule is O=C1c2ccccc2C(=O)N1CN1CCNCC(O)C1. The van der Waals surface area contributed by atoms with Crippen molar-refractivity contribution in [1.82, 2.24) is 15.1 Å². The molecule has 6 nitrogen and oxygen atoms in total. The Bertz CT molecular complexity index is 511. The third kappa shape index (κ3) is 2.33. The molecule has 1 aromatic carbocycles. The van der Waals surface area contributed by atoms with Gasteiger partial charge in [0.15, 0.2) is 0 Å². The minimum Gasteiger partial charge on any atom is -0.390 e. The van der Waals surface area contributed by atoms with E-state index in [0.717, 1.165) is 6.54 Å². The van der Waals surface area contributed by atoms with Gasteiger partial charge in [-0.2, -0.15) is 0 Å². The number of imide groups is 1. The summed E-state index contributed by atoms with van der Waals surface area (Å²) in [6, 6.07) is 6.86. The first kappa shape index (κ1) is 13.2. The Morgan fingerprint density at radius 2 is 1.85 bits per heavy atom. The van der Waals surface area contributed by atoms with Crippen LogP contribution in [0.5, 0.6) is 0 Å². The van der Waals surface area contributed by atoms with E-state index < -0.39 is 6.10 Å². The van der Waals surface area contributed by atoms with Gasteiger partial charge in [0.25, 0.3) is 11.8 Å². The van der Waals surface area contributed by atoms with Crippen LogP contribution in [0.4, 0.5) is 0 Å². The van der Waals surface area contributed by atoms with Crippen LogP contribution >= 0.6 is 0 Å². The average Bonchev–Trinajstić information content (AvgIpc) is 2.60. The number of nitrogens with one attached hydrogen (secondary N) is 1. The molecule has 0 saturated carbocycles. The number of carbonyl (C=O) groups is 2. The number of amides is 2. The highest BCUT2D eigenvalue weighted by Crippen LogP contribution is 2.22. The number of rotatable bonds is 2. The largest absolute Gasteiger partial charge is 0.390 e. The van der Waals surface area contributed by atoms with Crippen LogP contribution in [0, 0.1) is 0 Å². The fourth-order valence-corrected chi connectivity index (χ4v) is 2.66. The van der Waals surface area contributed by atoms with Gasteiger partial charge in [-0.3, -0.25) is 19.4 Å². The number of hydrogen-bond donors (Lipinski definition) is 2. The van der Waals surface area contributed by atoms with Gasteiger partial charge < -0.3 is 10.4 Å². The Morgan fingerprint density at radius 1 is 1.20 bits per heavy atom. The first-order chi connectivity index (χ1) is 9.66. The first-order valence-electron chi connectivity index (χ1n) is 6.73. The highest BCUT2D eigenvalue weighted by atomic mass is 16.3. The molecule has 6 heteroatoms. The standard InChI is InChI=1S/C14H17N3O3/c18-10-7-15-5-6-16(8-10)9-17-13(19)11-3-1-2-4-12(11)14(17)20/h1-4,10,15,18H,5-9H2. The van der Waals surface area contributed by atoms with Gasteiger partial charge in [-0.05, 0) is 12.1 Å². The zero-order valence-electron chi connectivity index (χ0n) is 11.1. The second-order valence-corrected chi connectivity index (χ2v) is 5.16. The molecule has 0 aliphatic carbocycles. The van der Waals surface area contributed by atoms with Gasteiger partial charge in [0, 0.05) is 26.2 Å². The summed E-state index contributed by atoms with van der Waals surface area (Å²) in [6.45, 7) is 2.66. The van der Waals surface area contributed by atoms with Crippen molar-refractivity contribution < 1.29 is 14.7 Å². The van der Waals surface area contributed by atoms with E-state index in [1.165, 1.54) is 4.90 Å². The Hall–Kier alpha value is -1.76. The van der Waals surface area contributed by atoms with Gasteiger partial charge in [-0.15, -0.1) is 0 Å². The predicted octanol–water partition coefficient (Wildman–Crippen LogP) is -0.494. The number of fused-ring (bicyclic) bond motifs is 1. The molecule has 1 fully saturated rings. The van der Waals surface area contributed by atoms with E-state index in [9.17, 15) is 14.7 Å². The lowest BCUT2D eigenvalue weighted by Gasteiger charge is -2.25. The molecule has 1 atom stereocenters. The Kier molecular flexibility index (Phi) is 3.52. The van der Waals surface area contributed by atoms with Crippen molar-refractivity contribution in [3.63, 3.8) is 0 Å². The second-order valence-electron chi connectivity index (χ2n) is 5.16. The van der Waals surface area contributed by atoms with Crippen LogP contribution in [0.3, 0.4) is 0 Å². The van der Waals surface area contributed by atoms with Crippen molar-refractivity contribution in [3.8, 4) is 0 Å². The van der Waals surface area contributed by atoms with Crippen molar-refractivity contribution >= 4 is 11.8 Å². The molecule has 2 aliphatic rings. The van der Waals surface area contributed by atoms with Crippen molar-refractivity contribution in [2.45, 2.75) is 6.10 Å². The molecule has 2 amide bonds. The van der Waals surface area contributed by atoms with Crippen LogP contribution in [-0.2, 0) is 0 Å². The predicted molar refractivity (Wildman–Crippen MR) is 72.3 cm³/mol. The zero-order chi connectivity index (χ0) is 14.1. The van der Waals surface area contributed by atoms with E-state index in [1.807, 2.05) is 4.90 Å². The summed E-state index contributed by atoms with van der Waals surface area (Å²) >= 11 is 0. The summed E-state index contributed by atoms with van der Waals surface area (Å²) in [5.41, 5.74) is 0.928. The van der Waals surface area contributed by atoms with Crippen LogP contribution in [0.25, 0.3) is 0 Å². The number of hydrogen-bond acceptors (Lipinski definition) is 5. The Morgan fingerprint density at radius 3 is 2.50 bits per heavy atom. The number of β-amino-alcohol motifs (C(OH)–C–C–N with tert-alkyl or cyclic N) is 1. The van der Waals surface area contributed by atoms with Gasteiger partial charge >= 0.3 is 0 Å². The van der Waals surface area contributed by atoms with Crippen LogP contribution < -0.4 is 5.32 Å². The van der Waals surface area contributed by atoms with E-state index in [4.69, 9.17) is 0 Å². The summed E-state index contributed by atoms with van der Waals surface area (Å²) in [7, 11) is 0. The van der Waals surface area contributed by atoms with Gasteiger partial charge in [0.2, 0.25) is 0 Å². The molecule has 2 N–H and O–H groups in total. The number of nitrogens with zero attached hydrogens (tertiary/aromatic N) is 2. The molecule has 2 aliphatic heterocycles. The van der Waals surface area contributed by atoms with Gasteiger partial charge in [-0.1, -0.05) is 12.1 Å². The van der Waals surface area contributed by atoms with Crippen LogP contribution in [0.1, 0.15) is 20.7 Å². The van der Waals surface area contributed by atoms with Crippen LogP contribution in [0.2, 0.25) is 0 Å². The molecular formula is C14H17N3O3. The second kappa shape index (κ2) is 5.32. The first-order valence-corrected chi connectivity index (χ1v) is 6.73. The Balaban J connectivity index is 1.76. The zero-order valence-corrected chi connectivity index (χ0v) is 11.1. The van der Waals surface area contributed by atoms with Crippen LogP contribution in [-0.4, -0.2) is 65.7 Å². The number of carbonyl (C=O) groups excluding carboxylic acids is 2. The van der Waals surface area contributed by atoms with Crippen molar-refractivity contribution in [2.75, 3.05) is 32.8 Å². The average molecular weight is 275 g/mol. The molecule has 3 rings (SSSR count). The molecule has 106 valence electrons. The number of aliphatic hydroxyl groups excluding tert-OH is 1. The molecule has 1 saturated heterocycles. The lowest BCUT2D eigenvalue weighted by molar-refractivity contribution is 0.0487. The number of benzene rings is 1. The Labute approximate surface area is 117 Å². The third-order valence-electron chi connectivity index (χ3n) is 3.67. The fourth-order valence-electron chi connectivity index (χ4n) is 2.66. The van der Waals surface area contributed by atoms with Gasteiger partial charge in [0.05, 0.1) is 23.9 Å². The van der Waals surface area contributed by atoms with Crippen molar-refractivity contribution in [2.24, 2.45) is 0 Å². The van der Waals surface area contributed by atoms with E-state index in [-0.39, 0.29) is 18.5 Å². The monoisotopic (exact) mass is 275 g/mol.